The topological polar surface area (TPSA) is 21.3 Å². The Hall–Kier alpha value is 2.16. The Bertz CT molecular complexity index is 39.7. The van der Waals surface area contributed by atoms with Crippen molar-refractivity contribution in [3.05, 3.63) is 0 Å². The molecular formula is C4H13Br3NOSn. The quantitative estimate of drug-likeness (QED) is 0.398. The average molecular weight is 450 g/mol. The maximum atomic E-state index is 5.00. The van der Waals surface area contributed by atoms with Crippen molar-refractivity contribution < 1.29 is 4.74 Å². The Morgan fingerprint density at radius 2 is 1.80 bits per heavy atom. The number of hydrogen-bond donors (Lipinski definition) is 1. The molecule has 65 valence electrons. The van der Waals surface area contributed by atoms with Crippen molar-refractivity contribution in [1.82, 2.24) is 5.32 Å². The molecule has 6 heteroatoms. The van der Waals surface area contributed by atoms with Crippen LogP contribution in [0.2, 0.25) is 0 Å². The molecule has 2 nitrogen and oxygen atoms in total. The van der Waals surface area contributed by atoms with Crippen LogP contribution in [0.5, 0.6) is 0 Å². The van der Waals surface area contributed by atoms with Gasteiger partial charge in [-0.15, -0.1) is 50.9 Å². The summed E-state index contributed by atoms with van der Waals surface area (Å²) in [5.74, 6) is 0. The molecule has 0 spiro atoms. The van der Waals surface area contributed by atoms with Gasteiger partial charge in [-0.3, -0.25) is 0 Å². The molecular weight excluding hydrogens is 436 g/mol. The second-order valence-electron chi connectivity index (χ2n) is 1.10. The molecule has 0 unspecified atom stereocenters. The van der Waals surface area contributed by atoms with Crippen LogP contribution in [-0.4, -0.2) is 40.4 Å². The third kappa shape index (κ3) is 22.5. The van der Waals surface area contributed by atoms with Gasteiger partial charge < -0.3 is 0 Å². The fourth-order valence-electron chi connectivity index (χ4n) is 0.225. The molecule has 0 aromatic heterocycles. The normalized spacial score (nSPS) is 6.60. The van der Waals surface area contributed by atoms with Crippen LogP contribution in [0.4, 0.5) is 0 Å². The first kappa shape index (κ1) is 22.7. The van der Waals surface area contributed by atoms with Crippen molar-refractivity contribution >= 4 is 73.5 Å². The molecule has 0 aliphatic heterocycles. The first-order chi connectivity index (χ1) is 3.41. The summed E-state index contributed by atoms with van der Waals surface area (Å²) >= 11 is 1.44. The number of halogens is 3. The van der Waals surface area contributed by atoms with E-state index in [1.807, 2.05) is 0 Å². The number of ether oxygens (including phenoxy) is 1. The van der Waals surface area contributed by atoms with Gasteiger partial charge in [-0.1, -0.05) is 0 Å². The van der Waals surface area contributed by atoms with E-state index in [9.17, 15) is 0 Å². The Labute approximate surface area is 107 Å². The monoisotopic (exact) mass is 448 g/mol. The van der Waals surface area contributed by atoms with Gasteiger partial charge in [0.25, 0.3) is 0 Å². The van der Waals surface area contributed by atoms with Crippen molar-refractivity contribution in [1.29, 1.82) is 0 Å². The summed E-state index contributed by atoms with van der Waals surface area (Å²) in [6, 6.07) is 0. The zero-order valence-electron chi connectivity index (χ0n) is 5.75. The van der Waals surface area contributed by atoms with E-state index in [1.54, 1.807) is 0 Å². The first-order valence-electron chi connectivity index (χ1n) is 2.35. The molecule has 3 radical (unpaired) electrons. The maximum absolute atomic E-state index is 5.00. The average Bonchev–Trinajstić information content (AvgIpc) is 1.69. The van der Waals surface area contributed by atoms with E-state index in [0.717, 1.165) is 11.2 Å². The predicted octanol–water partition coefficient (Wildman–Crippen LogP) is 1.43. The van der Waals surface area contributed by atoms with E-state index in [2.05, 4.69) is 12.2 Å². The number of nitrogens with one attached hydrogen (secondary N) is 1. The van der Waals surface area contributed by atoms with Gasteiger partial charge in [0.05, 0.1) is 0 Å². The first-order valence-corrected chi connectivity index (χ1v) is 4.36. The second-order valence-corrected chi connectivity index (χ2v) is 1.92. The van der Waals surface area contributed by atoms with Gasteiger partial charge in [-0.05, 0) is 0 Å². The van der Waals surface area contributed by atoms with Crippen LogP contribution >= 0.6 is 50.9 Å². The summed E-state index contributed by atoms with van der Waals surface area (Å²) in [5, 5.41) is 3.04. The summed E-state index contributed by atoms with van der Waals surface area (Å²) in [7, 11) is 0. The van der Waals surface area contributed by atoms with Gasteiger partial charge in [-0.25, -0.2) is 0 Å². The predicted molar refractivity (Wildman–Crippen MR) is 61.2 cm³/mol. The fourth-order valence-corrected chi connectivity index (χ4v) is 0.517. The van der Waals surface area contributed by atoms with Gasteiger partial charge in [0.1, 0.15) is 0 Å². The van der Waals surface area contributed by atoms with Crippen molar-refractivity contribution in [3.8, 4) is 0 Å². The van der Waals surface area contributed by atoms with E-state index in [-0.39, 0.29) is 50.9 Å². The molecule has 0 fully saturated rings. The molecule has 0 saturated carbocycles. The van der Waals surface area contributed by atoms with Gasteiger partial charge in [-0.2, -0.15) is 0 Å². The fraction of sp³-hybridized carbons (Fsp3) is 1.00. The van der Waals surface area contributed by atoms with Gasteiger partial charge in [0.2, 0.25) is 0 Å². The summed E-state index contributed by atoms with van der Waals surface area (Å²) in [5.41, 5.74) is 0. The third-order valence-electron chi connectivity index (χ3n) is 0.556. The van der Waals surface area contributed by atoms with E-state index < -0.39 is 0 Å². The van der Waals surface area contributed by atoms with Crippen LogP contribution in [-0.2, 0) is 4.74 Å². The third-order valence-corrected chi connectivity index (χ3v) is 1.14. The van der Waals surface area contributed by atoms with Crippen LogP contribution in [0.15, 0.2) is 0 Å². The molecule has 0 rings (SSSR count). The minimum absolute atomic E-state index is 0. The number of hydrogen-bond acceptors (Lipinski definition) is 2. The molecule has 1 N–H and O–H groups in total. The van der Waals surface area contributed by atoms with Crippen LogP contribution in [0.1, 0.15) is 6.92 Å². The van der Waals surface area contributed by atoms with Crippen molar-refractivity contribution in [3.63, 3.8) is 0 Å². The van der Waals surface area contributed by atoms with E-state index >= 15 is 0 Å². The van der Waals surface area contributed by atoms with Gasteiger partial charge in [0, 0.05) is 0 Å². The minimum atomic E-state index is 0. The summed E-state index contributed by atoms with van der Waals surface area (Å²) in [6.07, 6.45) is 0. The van der Waals surface area contributed by atoms with Crippen molar-refractivity contribution in [2.45, 2.75) is 6.92 Å². The Morgan fingerprint density at radius 1 is 1.30 bits per heavy atom. The van der Waals surface area contributed by atoms with Gasteiger partial charge in [0.15, 0.2) is 0 Å². The summed E-state index contributed by atoms with van der Waals surface area (Å²) < 4.78 is 5.89. The van der Waals surface area contributed by atoms with E-state index in [1.165, 1.54) is 22.5 Å². The standard InChI is InChI=1S/C4H10NO.3BrH.Sn/c1-3-5-4-6-2;;;;/h5H,2-4H2,1H3;3*1H;. The summed E-state index contributed by atoms with van der Waals surface area (Å²) in [4.78, 5) is 0. The summed E-state index contributed by atoms with van der Waals surface area (Å²) in [6.45, 7) is 3.77. The molecule has 0 aromatic rings. The second kappa shape index (κ2) is 22.5. The van der Waals surface area contributed by atoms with Crippen LogP contribution in [0, 0.1) is 0 Å². The molecule has 0 aliphatic carbocycles. The molecule has 10 heavy (non-hydrogen) atoms. The zero-order chi connectivity index (χ0) is 5.54. The Kier molecular flexibility index (Phi) is 51.1. The molecule has 0 saturated heterocycles. The van der Waals surface area contributed by atoms with Crippen molar-refractivity contribution in [2.75, 3.05) is 17.9 Å². The van der Waals surface area contributed by atoms with E-state index in [0.29, 0.717) is 6.73 Å². The molecule has 0 aromatic carbocycles. The Balaban J connectivity index is -0.0000000600. The molecule has 0 atom stereocenters. The number of rotatable bonds is 4. The molecule has 0 heterocycles. The molecule has 0 aliphatic rings. The van der Waals surface area contributed by atoms with Crippen molar-refractivity contribution in [2.24, 2.45) is 0 Å². The van der Waals surface area contributed by atoms with E-state index in [4.69, 9.17) is 4.74 Å². The van der Waals surface area contributed by atoms with Crippen LogP contribution < -0.4 is 5.32 Å². The van der Waals surface area contributed by atoms with Gasteiger partial charge >= 0.3 is 57.4 Å². The van der Waals surface area contributed by atoms with Crippen LogP contribution in [0.25, 0.3) is 0 Å². The molecule has 0 bridgehead atoms. The molecule has 0 amide bonds. The van der Waals surface area contributed by atoms with Crippen LogP contribution in [0.3, 0.4) is 0 Å². The SMILES string of the molecule is Br.Br.Br.CCNCO[CH2][Sn]. The zero-order valence-corrected chi connectivity index (χ0v) is 13.7. The Morgan fingerprint density at radius 3 is 2.10 bits per heavy atom.